The van der Waals surface area contributed by atoms with Crippen LogP contribution in [0.15, 0.2) is 78.9 Å². The van der Waals surface area contributed by atoms with Crippen molar-refractivity contribution in [3.05, 3.63) is 101 Å². The van der Waals surface area contributed by atoms with Gasteiger partial charge in [0.2, 0.25) is 17.7 Å². The molecule has 2 atom stereocenters. The van der Waals surface area contributed by atoms with Crippen molar-refractivity contribution in [3.8, 4) is 5.75 Å². The van der Waals surface area contributed by atoms with Gasteiger partial charge in [-0.1, -0.05) is 68.4 Å². The van der Waals surface area contributed by atoms with Crippen LogP contribution in [-0.2, 0) is 26.2 Å². The zero-order valence-corrected chi connectivity index (χ0v) is 25.3. The van der Waals surface area contributed by atoms with Gasteiger partial charge >= 0.3 is 0 Å². The van der Waals surface area contributed by atoms with E-state index in [-0.39, 0.29) is 49.8 Å². The molecule has 0 fully saturated rings. The van der Waals surface area contributed by atoms with Gasteiger partial charge in [0.25, 0.3) is 5.91 Å². The first-order valence-corrected chi connectivity index (χ1v) is 14.7. The third kappa shape index (κ3) is 8.65. The number of hydrogen-bond acceptors (Lipinski definition) is 5. The highest BCUT2D eigenvalue weighted by Gasteiger charge is 2.29. The zero-order valence-electron chi connectivity index (χ0n) is 25.3. The van der Waals surface area contributed by atoms with Crippen molar-refractivity contribution >= 4 is 23.6 Å². The molecule has 0 saturated carbocycles. The molecule has 0 radical (unpaired) electrons. The highest BCUT2D eigenvalue weighted by atomic mass is 19.1. The Balaban J connectivity index is 1.56. The van der Waals surface area contributed by atoms with E-state index in [0.717, 1.165) is 11.1 Å². The molecule has 1 aliphatic heterocycles. The van der Waals surface area contributed by atoms with Crippen LogP contribution in [-0.4, -0.2) is 67.4 Å². The van der Waals surface area contributed by atoms with E-state index in [1.807, 2.05) is 44.2 Å². The molecule has 0 spiro atoms. The second-order valence-electron chi connectivity index (χ2n) is 11.6. The van der Waals surface area contributed by atoms with E-state index in [2.05, 4.69) is 16.0 Å². The standard InChI is InChI=1S/C34H39FN4O5/c1-34(2,24-13-15-25(35)16-14-24)22-36-32(42)27-17-18-30(40)37-28(21-23-9-5-4-6-10-23)33(43)39(3)19-20-44-29-12-8-7-11-26(29)31(41)38-27/h4-16,27-28H,17-22H2,1-3H3,(H,36,42)(H,37,40)(H,38,41)/t27-,28-/m0/s1. The van der Waals surface area contributed by atoms with Crippen molar-refractivity contribution in [2.45, 2.75) is 50.6 Å². The number of halogens is 1. The van der Waals surface area contributed by atoms with Crippen LogP contribution in [0.1, 0.15) is 48.2 Å². The predicted octanol–water partition coefficient (Wildman–Crippen LogP) is 3.38. The summed E-state index contributed by atoms with van der Waals surface area (Å²) in [5.41, 5.74) is 1.40. The van der Waals surface area contributed by atoms with E-state index in [9.17, 15) is 23.6 Å². The predicted molar refractivity (Wildman–Crippen MR) is 165 cm³/mol. The van der Waals surface area contributed by atoms with Gasteiger partial charge < -0.3 is 25.6 Å². The minimum atomic E-state index is -1.05. The Morgan fingerprint density at radius 1 is 0.977 bits per heavy atom. The van der Waals surface area contributed by atoms with Crippen LogP contribution in [0, 0.1) is 5.82 Å². The molecule has 1 heterocycles. The molecule has 232 valence electrons. The van der Waals surface area contributed by atoms with E-state index in [1.54, 1.807) is 43.4 Å². The van der Waals surface area contributed by atoms with E-state index < -0.39 is 35.2 Å². The molecule has 0 aromatic heterocycles. The van der Waals surface area contributed by atoms with Crippen LogP contribution in [0.25, 0.3) is 0 Å². The maximum atomic E-state index is 13.5. The number of hydrogen-bond donors (Lipinski definition) is 3. The number of nitrogens with one attached hydrogen (secondary N) is 3. The average Bonchev–Trinajstić information content (AvgIpc) is 3.01. The molecular weight excluding hydrogens is 563 g/mol. The molecule has 0 unspecified atom stereocenters. The second-order valence-corrected chi connectivity index (χ2v) is 11.6. The third-order valence-corrected chi connectivity index (χ3v) is 7.72. The van der Waals surface area contributed by atoms with Crippen molar-refractivity contribution in [3.63, 3.8) is 0 Å². The number of ether oxygens (including phenoxy) is 1. The van der Waals surface area contributed by atoms with Crippen LogP contribution in [0.2, 0.25) is 0 Å². The van der Waals surface area contributed by atoms with Crippen LogP contribution >= 0.6 is 0 Å². The molecule has 4 amide bonds. The first-order valence-electron chi connectivity index (χ1n) is 14.7. The van der Waals surface area contributed by atoms with Gasteiger partial charge in [0.05, 0.1) is 12.1 Å². The molecule has 44 heavy (non-hydrogen) atoms. The number of nitrogens with zero attached hydrogens (tertiary/aromatic N) is 1. The summed E-state index contributed by atoms with van der Waals surface area (Å²) in [5.74, 6) is -1.74. The summed E-state index contributed by atoms with van der Waals surface area (Å²) in [7, 11) is 1.64. The summed E-state index contributed by atoms with van der Waals surface area (Å²) in [6.45, 7) is 4.37. The van der Waals surface area contributed by atoms with Crippen molar-refractivity contribution in [2.75, 3.05) is 26.7 Å². The number of likely N-dealkylation sites (N-methyl/N-ethyl adjacent to an activating group) is 1. The molecule has 0 aliphatic carbocycles. The molecule has 0 saturated heterocycles. The van der Waals surface area contributed by atoms with Gasteiger partial charge in [0.1, 0.15) is 30.3 Å². The summed E-state index contributed by atoms with van der Waals surface area (Å²) in [4.78, 5) is 55.0. The van der Waals surface area contributed by atoms with Crippen LogP contribution < -0.4 is 20.7 Å². The first kappa shape index (κ1) is 32.2. The number of carbonyl (C=O) groups is 4. The molecule has 3 aromatic carbocycles. The van der Waals surface area contributed by atoms with Gasteiger partial charge in [-0.3, -0.25) is 19.2 Å². The molecule has 1 aliphatic rings. The Morgan fingerprint density at radius 3 is 2.39 bits per heavy atom. The lowest BCUT2D eigenvalue weighted by atomic mass is 9.84. The SMILES string of the molecule is CN1CCOc2ccccc2C(=O)N[C@H](C(=O)NCC(C)(C)c2ccc(F)cc2)CCC(=O)N[C@@H](Cc2ccccc2)C1=O. The molecular formula is C34H39FN4O5. The Hall–Kier alpha value is -4.73. The van der Waals surface area contributed by atoms with Crippen LogP contribution in [0.4, 0.5) is 4.39 Å². The van der Waals surface area contributed by atoms with Gasteiger partial charge in [-0.15, -0.1) is 0 Å². The van der Waals surface area contributed by atoms with Crippen molar-refractivity contribution in [2.24, 2.45) is 0 Å². The highest BCUT2D eigenvalue weighted by Crippen LogP contribution is 2.23. The number of rotatable bonds is 6. The number of fused-ring (bicyclic) bond motifs is 1. The van der Waals surface area contributed by atoms with Gasteiger partial charge in [-0.05, 0) is 41.8 Å². The molecule has 10 heteroatoms. The Morgan fingerprint density at radius 2 is 1.66 bits per heavy atom. The van der Waals surface area contributed by atoms with Gasteiger partial charge in [-0.25, -0.2) is 4.39 Å². The summed E-state index contributed by atoms with van der Waals surface area (Å²) < 4.78 is 19.4. The summed E-state index contributed by atoms with van der Waals surface area (Å²) >= 11 is 0. The lowest BCUT2D eigenvalue weighted by molar-refractivity contribution is -0.135. The largest absolute Gasteiger partial charge is 0.491 e. The number of para-hydroxylation sites is 1. The summed E-state index contributed by atoms with van der Waals surface area (Å²) in [6, 6.07) is 20.2. The van der Waals surface area contributed by atoms with Gasteiger partial charge in [0.15, 0.2) is 0 Å². The fraction of sp³-hybridized carbons (Fsp3) is 0.353. The Kier molecular flexibility index (Phi) is 10.7. The van der Waals surface area contributed by atoms with Gasteiger partial charge in [0, 0.05) is 31.8 Å². The van der Waals surface area contributed by atoms with E-state index in [1.165, 1.54) is 17.0 Å². The van der Waals surface area contributed by atoms with E-state index in [0.29, 0.717) is 12.2 Å². The Bertz CT molecular complexity index is 1460. The quantitative estimate of drug-likeness (QED) is 0.400. The highest BCUT2D eigenvalue weighted by molar-refractivity contribution is 6.00. The number of carbonyl (C=O) groups excluding carboxylic acids is 4. The van der Waals surface area contributed by atoms with Crippen molar-refractivity contribution < 1.29 is 28.3 Å². The zero-order chi connectivity index (χ0) is 31.7. The topological polar surface area (TPSA) is 117 Å². The fourth-order valence-corrected chi connectivity index (χ4v) is 4.98. The van der Waals surface area contributed by atoms with Crippen molar-refractivity contribution in [1.29, 1.82) is 0 Å². The monoisotopic (exact) mass is 602 g/mol. The lowest BCUT2D eigenvalue weighted by Crippen LogP contribution is -2.51. The van der Waals surface area contributed by atoms with Gasteiger partial charge in [-0.2, -0.15) is 0 Å². The fourth-order valence-electron chi connectivity index (χ4n) is 4.98. The summed E-state index contributed by atoms with van der Waals surface area (Å²) in [6.07, 6.45) is 0.171. The second kappa shape index (κ2) is 14.6. The number of amides is 4. The van der Waals surface area contributed by atoms with E-state index >= 15 is 0 Å². The molecule has 4 rings (SSSR count). The molecule has 0 bridgehead atoms. The normalized spacial score (nSPS) is 18.5. The van der Waals surface area contributed by atoms with Crippen LogP contribution in [0.5, 0.6) is 5.75 Å². The minimum Gasteiger partial charge on any atom is -0.491 e. The van der Waals surface area contributed by atoms with E-state index in [4.69, 9.17) is 4.74 Å². The smallest absolute Gasteiger partial charge is 0.255 e. The lowest BCUT2D eigenvalue weighted by Gasteiger charge is -2.27. The maximum Gasteiger partial charge on any atom is 0.255 e. The number of benzene rings is 3. The molecule has 3 aromatic rings. The molecule has 9 nitrogen and oxygen atoms in total. The third-order valence-electron chi connectivity index (χ3n) is 7.72. The van der Waals surface area contributed by atoms with Crippen LogP contribution in [0.3, 0.4) is 0 Å². The molecule has 3 N–H and O–H groups in total. The maximum absolute atomic E-state index is 13.5. The minimum absolute atomic E-state index is 0.00844. The average molecular weight is 603 g/mol. The first-order chi connectivity index (χ1) is 21.0. The summed E-state index contributed by atoms with van der Waals surface area (Å²) in [5, 5.41) is 8.51. The van der Waals surface area contributed by atoms with Crippen molar-refractivity contribution in [1.82, 2.24) is 20.9 Å². The Labute approximate surface area is 257 Å².